The zero-order valence-electron chi connectivity index (χ0n) is 13.1. The van der Waals surface area contributed by atoms with E-state index in [4.69, 9.17) is 5.26 Å². The summed E-state index contributed by atoms with van der Waals surface area (Å²) in [6.07, 6.45) is 0.544. The maximum Gasteiger partial charge on any atom is 0.232 e. The van der Waals surface area contributed by atoms with Gasteiger partial charge in [-0.05, 0) is 31.0 Å². The van der Waals surface area contributed by atoms with Crippen LogP contribution in [-0.2, 0) is 20.4 Å². The normalized spacial score (nSPS) is 19.2. The van der Waals surface area contributed by atoms with Crippen LogP contribution in [0.15, 0.2) is 24.3 Å². The summed E-state index contributed by atoms with van der Waals surface area (Å²) >= 11 is 1.51. The van der Waals surface area contributed by atoms with E-state index in [1.165, 1.54) is 11.8 Å². The largest absolute Gasteiger partial charge is 0.338 e. The molecule has 2 rings (SSSR count). The SMILES string of the molecule is CCN(C(=O)CSCc1ccc(C#N)cc1)[C@@H]1CCS(=O)(=O)C1. The smallest absolute Gasteiger partial charge is 0.232 e. The van der Waals surface area contributed by atoms with E-state index >= 15 is 0 Å². The minimum Gasteiger partial charge on any atom is -0.338 e. The molecule has 0 radical (unpaired) electrons. The molecule has 124 valence electrons. The molecule has 1 aliphatic heterocycles. The number of sulfone groups is 1. The van der Waals surface area contributed by atoms with Crippen LogP contribution in [-0.4, -0.2) is 49.1 Å². The Hall–Kier alpha value is -1.52. The summed E-state index contributed by atoms with van der Waals surface area (Å²) < 4.78 is 23.1. The Morgan fingerprint density at radius 2 is 2.09 bits per heavy atom. The number of rotatable bonds is 6. The summed E-state index contributed by atoms with van der Waals surface area (Å²) in [7, 11) is -2.98. The molecule has 0 bridgehead atoms. The van der Waals surface area contributed by atoms with Gasteiger partial charge in [0, 0.05) is 18.3 Å². The first-order valence-corrected chi connectivity index (χ1v) is 10.5. The van der Waals surface area contributed by atoms with E-state index in [0.29, 0.717) is 30.0 Å². The summed E-state index contributed by atoms with van der Waals surface area (Å²) in [6, 6.07) is 9.20. The van der Waals surface area contributed by atoms with Gasteiger partial charge in [0.15, 0.2) is 9.84 Å². The van der Waals surface area contributed by atoms with Crippen molar-refractivity contribution in [3.05, 3.63) is 35.4 Å². The van der Waals surface area contributed by atoms with Gasteiger partial charge in [-0.2, -0.15) is 5.26 Å². The van der Waals surface area contributed by atoms with Crippen molar-refractivity contribution >= 4 is 27.5 Å². The van der Waals surface area contributed by atoms with E-state index in [0.717, 1.165) is 5.56 Å². The number of nitriles is 1. The molecule has 5 nitrogen and oxygen atoms in total. The van der Waals surface area contributed by atoms with Gasteiger partial charge in [-0.15, -0.1) is 11.8 Å². The zero-order chi connectivity index (χ0) is 16.9. The number of benzene rings is 1. The minimum absolute atomic E-state index is 0.00625. The van der Waals surface area contributed by atoms with Gasteiger partial charge in [0.1, 0.15) is 0 Å². The molecule has 7 heteroatoms. The number of amides is 1. The maximum atomic E-state index is 12.3. The molecule has 1 saturated heterocycles. The van der Waals surface area contributed by atoms with E-state index in [-0.39, 0.29) is 23.5 Å². The highest BCUT2D eigenvalue weighted by Crippen LogP contribution is 2.20. The Morgan fingerprint density at radius 1 is 1.39 bits per heavy atom. The molecule has 23 heavy (non-hydrogen) atoms. The molecule has 1 heterocycles. The van der Waals surface area contributed by atoms with E-state index in [1.54, 1.807) is 17.0 Å². The van der Waals surface area contributed by atoms with E-state index in [1.807, 2.05) is 19.1 Å². The lowest BCUT2D eigenvalue weighted by Crippen LogP contribution is -2.41. The third-order valence-corrected chi connectivity index (χ3v) is 6.63. The number of hydrogen-bond donors (Lipinski definition) is 0. The first-order chi connectivity index (χ1) is 10.9. The van der Waals surface area contributed by atoms with Gasteiger partial charge in [-0.25, -0.2) is 8.42 Å². The minimum atomic E-state index is -2.98. The van der Waals surface area contributed by atoms with Crippen LogP contribution < -0.4 is 0 Å². The Balaban J connectivity index is 1.84. The van der Waals surface area contributed by atoms with Gasteiger partial charge in [0.2, 0.25) is 5.91 Å². The van der Waals surface area contributed by atoms with Gasteiger partial charge >= 0.3 is 0 Å². The highest BCUT2D eigenvalue weighted by Gasteiger charge is 2.33. The lowest BCUT2D eigenvalue weighted by Gasteiger charge is -2.26. The summed E-state index contributed by atoms with van der Waals surface area (Å²) in [5, 5.41) is 8.76. The van der Waals surface area contributed by atoms with Crippen molar-refractivity contribution in [1.29, 1.82) is 5.26 Å². The van der Waals surface area contributed by atoms with Crippen LogP contribution in [0, 0.1) is 11.3 Å². The average molecular weight is 352 g/mol. The van der Waals surface area contributed by atoms with Crippen LogP contribution in [0.1, 0.15) is 24.5 Å². The predicted octanol–water partition coefficient (Wildman–Crippen LogP) is 1.83. The van der Waals surface area contributed by atoms with E-state index < -0.39 is 9.84 Å². The Labute approximate surface area is 141 Å². The molecule has 0 aromatic heterocycles. The Kier molecular flexibility index (Phi) is 6.08. The molecular weight excluding hydrogens is 332 g/mol. The first kappa shape index (κ1) is 17.8. The molecular formula is C16H20N2O3S2. The number of nitrogens with zero attached hydrogens (tertiary/aromatic N) is 2. The second-order valence-electron chi connectivity index (χ2n) is 5.54. The molecule has 1 atom stereocenters. The third kappa shape index (κ3) is 4.98. The van der Waals surface area contributed by atoms with E-state index in [9.17, 15) is 13.2 Å². The van der Waals surface area contributed by atoms with Gasteiger partial charge in [-0.1, -0.05) is 12.1 Å². The van der Waals surface area contributed by atoms with Crippen molar-refractivity contribution in [1.82, 2.24) is 4.90 Å². The van der Waals surface area contributed by atoms with Crippen molar-refractivity contribution in [3.63, 3.8) is 0 Å². The molecule has 1 aliphatic rings. The maximum absolute atomic E-state index is 12.3. The second-order valence-corrected chi connectivity index (χ2v) is 8.75. The number of carbonyl (C=O) groups excluding carboxylic acids is 1. The molecule has 0 saturated carbocycles. The second kappa shape index (κ2) is 7.84. The van der Waals surface area contributed by atoms with Crippen LogP contribution >= 0.6 is 11.8 Å². The first-order valence-electron chi connectivity index (χ1n) is 7.52. The van der Waals surface area contributed by atoms with Crippen LogP contribution in [0.2, 0.25) is 0 Å². The summed E-state index contributed by atoms with van der Waals surface area (Å²) in [4.78, 5) is 14.0. The fourth-order valence-electron chi connectivity index (χ4n) is 2.67. The van der Waals surface area contributed by atoms with Crippen molar-refractivity contribution < 1.29 is 13.2 Å². The van der Waals surface area contributed by atoms with Crippen molar-refractivity contribution in [3.8, 4) is 6.07 Å². The van der Waals surface area contributed by atoms with Gasteiger partial charge in [0.25, 0.3) is 0 Å². The highest BCUT2D eigenvalue weighted by atomic mass is 32.2. The summed E-state index contributed by atoms with van der Waals surface area (Å²) in [6.45, 7) is 2.42. The fraction of sp³-hybridized carbons (Fsp3) is 0.500. The van der Waals surface area contributed by atoms with Gasteiger partial charge < -0.3 is 4.90 Å². The molecule has 0 unspecified atom stereocenters. The molecule has 1 fully saturated rings. The van der Waals surface area contributed by atoms with Crippen molar-refractivity contribution in [2.45, 2.75) is 25.1 Å². The Bertz CT molecular complexity index is 693. The van der Waals surface area contributed by atoms with Crippen molar-refractivity contribution in [2.75, 3.05) is 23.8 Å². The molecule has 0 aliphatic carbocycles. The third-order valence-electron chi connectivity index (χ3n) is 3.89. The monoisotopic (exact) mass is 352 g/mol. The van der Waals surface area contributed by atoms with Crippen LogP contribution in [0.3, 0.4) is 0 Å². The standard InChI is InChI=1S/C16H20N2O3S2/c1-2-18(15-7-8-23(20,21)12-15)16(19)11-22-10-14-5-3-13(9-17)4-6-14/h3-6,15H,2,7-8,10-12H2,1H3/t15-/m1/s1. The highest BCUT2D eigenvalue weighted by molar-refractivity contribution is 7.99. The molecule has 1 aromatic rings. The van der Waals surface area contributed by atoms with Gasteiger partial charge in [0.05, 0.1) is 28.9 Å². The molecule has 0 spiro atoms. The average Bonchev–Trinajstić information content (AvgIpc) is 2.88. The number of hydrogen-bond acceptors (Lipinski definition) is 5. The quantitative estimate of drug-likeness (QED) is 0.780. The summed E-state index contributed by atoms with van der Waals surface area (Å²) in [5.74, 6) is 1.29. The van der Waals surface area contributed by atoms with Crippen LogP contribution in [0.5, 0.6) is 0 Å². The number of thioether (sulfide) groups is 1. The van der Waals surface area contributed by atoms with Crippen LogP contribution in [0.25, 0.3) is 0 Å². The topological polar surface area (TPSA) is 78.2 Å². The van der Waals surface area contributed by atoms with E-state index in [2.05, 4.69) is 6.07 Å². The lowest BCUT2D eigenvalue weighted by atomic mass is 10.2. The molecule has 0 N–H and O–H groups in total. The lowest BCUT2D eigenvalue weighted by molar-refractivity contribution is -0.129. The van der Waals surface area contributed by atoms with Crippen molar-refractivity contribution in [2.24, 2.45) is 0 Å². The van der Waals surface area contributed by atoms with Crippen LogP contribution in [0.4, 0.5) is 0 Å². The number of carbonyl (C=O) groups is 1. The summed E-state index contributed by atoms with van der Waals surface area (Å²) in [5.41, 5.74) is 1.68. The fourth-order valence-corrected chi connectivity index (χ4v) is 5.28. The predicted molar refractivity (Wildman–Crippen MR) is 91.8 cm³/mol. The van der Waals surface area contributed by atoms with Gasteiger partial charge in [-0.3, -0.25) is 4.79 Å². The Morgan fingerprint density at radius 3 is 2.61 bits per heavy atom. The molecule has 1 amide bonds. The molecule has 1 aromatic carbocycles. The zero-order valence-corrected chi connectivity index (χ0v) is 14.7.